The largest absolute Gasteiger partial charge is 0.418 e. The molecule has 0 aliphatic carbocycles. The fourth-order valence-electron chi connectivity index (χ4n) is 11.0. The summed E-state index contributed by atoms with van der Waals surface area (Å²) < 4.78 is 92.2. The van der Waals surface area contributed by atoms with Gasteiger partial charge in [0.2, 0.25) is 6.71 Å². The first-order valence-electron chi connectivity index (χ1n) is 22.0. The van der Waals surface area contributed by atoms with E-state index in [1.165, 1.54) is 0 Å². The highest BCUT2D eigenvalue weighted by Gasteiger charge is 2.52. The Morgan fingerprint density at radius 2 is 0.866 bits per heavy atom. The van der Waals surface area contributed by atoms with E-state index < -0.39 is 30.2 Å². The normalized spacial score (nSPS) is 13.9. The zero-order chi connectivity index (χ0) is 45.3. The van der Waals surface area contributed by atoms with Crippen molar-refractivity contribution in [3.05, 3.63) is 205 Å². The van der Waals surface area contributed by atoms with Gasteiger partial charge in [-0.2, -0.15) is 26.3 Å². The molecule has 2 nitrogen and oxygen atoms in total. The highest BCUT2D eigenvalue weighted by atomic mass is 32.2. The maximum Gasteiger partial charge on any atom is 0.418 e. The minimum atomic E-state index is -5.18. The van der Waals surface area contributed by atoms with Gasteiger partial charge in [0.25, 0.3) is 6.71 Å². The molecule has 0 bridgehead atoms. The van der Waals surface area contributed by atoms with E-state index >= 15 is 13.2 Å². The third kappa shape index (κ3) is 6.03. The second-order valence-electron chi connectivity index (χ2n) is 17.4. The molecule has 9 aromatic rings. The smallest absolute Gasteiger partial charge is 0.312 e. The first kappa shape index (κ1) is 40.0. The van der Waals surface area contributed by atoms with Crippen LogP contribution in [0.3, 0.4) is 0 Å². The fraction of sp³-hybridized carbons (Fsp3) is 0.0357. The SMILES string of the molecule is FC(F)(F)c1cc(-c2ccccc2)c(N2c3ccccc3B3c4cc(-c5ccccc5)ccc4N4c5ccc(-c6ccccc6)cc5B5c6ccccc6Sc6cc2c3c4c65)c(C(F)(F)F)c1. The Labute approximate surface area is 387 Å². The molecule has 0 radical (unpaired) electrons. The van der Waals surface area contributed by atoms with Crippen molar-refractivity contribution in [2.75, 3.05) is 9.80 Å². The number of halogens is 6. The van der Waals surface area contributed by atoms with Crippen molar-refractivity contribution in [1.29, 1.82) is 0 Å². The van der Waals surface area contributed by atoms with E-state index in [0.717, 1.165) is 88.0 Å². The molecule has 0 spiro atoms. The predicted octanol–water partition coefficient (Wildman–Crippen LogP) is 12.1. The van der Waals surface area contributed by atoms with E-state index in [-0.39, 0.29) is 29.6 Å². The van der Waals surface area contributed by atoms with Gasteiger partial charge >= 0.3 is 12.4 Å². The third-order valence-electron chi connectivity index (χ3n) is 13.7. The van der Waals surface area contributed by atoms with Crippen molar-refractivity contribution in [2.24, 2.45) is 0 Å². The number of fused-ring (bicyclic) bond motifs is 10. The molecule has 0 fully saturated rings. The summed E-state index contributed by atoms with van der Waals surface area (Å²) in [6, 6.07) is 60.4. The van der Waals surface area contributed by atoms with Crippen molar-refractivity contribution in [3.8, 4) is 33.4 Å². The van der Waals surface area contributed by atoms with Crippen LogP contribution in [0.1, 0.15) is 11.1 Å². The van der Waals surface area contributed by atoms with Crippen molar-refractivity contribution in [2.45, 2.75) is 22.1 Å². The molecule has 4 aliphatic rings. The summed E-state index contributed by atoms with van der Waals surface area (Å²) in [5, 5.41) is 0. The quantitative estimate of drug-likeness (QED) is 0.128. The number of anilines is 6. The van der Waals surface area contributed by atoms with Crippen LogP contribution in [0.15, 0.2) is 204 Å². The highest BCUT2D eigenvalue weighted by Crippen LogP contribution is 2.54. The van der Waals surface area contributed by atoms with E-state index in [9.17, 15) is 13.2 Å². The summed E-state index contributed by atoms with van der Waals surface area (Å²) in [6.45, 7) is -0.703. The minimum Gasteiger partial charge on any atom is -0.312 e. The average molecular weight is 901 g/mol. The number of para-hydroxylation sites is 1. The van der Waals surface area contributed by atoms with Crippen LogP contribution in [0.4, 0.5) is 60.5 Å². The molecule has 0 saturated carbocycles. The second kappa shape index (κ2) is 14.6. The van der Waals surface area contributed by atoms with Gasteiger partial charge in [0.05, 0.1) is 16.8 Å². The molecule has 0 amide bonds. The van der Waals surface area contributed by atoms with Crippen LogP contribution >= 0.6 is 11.8 Å². The zero-order valence-corrected chi connectivity index (χ0v) is 36.0. The topological polar surface area (TPSA) is 6.48 Å². The van der Waals surface area contributed by atoms with Gasteiger partial charge in [-0.3, -0.25) is 0 Å². The van der Waals surface area contributed by atoms with Crippen LogP contribution in [0.25, 0.3) is 33.4 Å². The van der Waals surface area contributed by atoms with Gasteiger partial charge in [-0.05, 0) is 97.6 Å². The number of hydrogen-bond acceptors (Lipinski definition) is 3. The van der Waals surface area contributed by atoms with Crippen molar-refractivity contribution in [3.63, 3.8) is 0 Å². The Hall–Kier alpha value is -7.36. The second-order valence-corrected chi connectivity index (χ2v) is 18.4. The summed E-state index contributed by atoms with van der Waals surface area (Å²) in [7, 11) is 0. The van der Waals surface area contributed by atoms with Crippen LogP contribution in [0.2, 0.25) is 0 Å². The standard InChI is InChI=1S/C56H32B2F6N2S/c59-55(60,61)38-30-39(35-18-8-3-9-19-35)53(40(31-38)56(62,63)64)66-45-22-12-10-20-41(45)57-43-28-36(33-14-4-1-5-15-33)24-26-46(43)65-47-27-25-37(34-16-6-2-7-17-34)29-44(47)58-42-21-11-13-23-49(42)67-50-32-48(66)51(57)54(65)52(50)58/h1-32H. The van der Waals surface area contributed by atoms with Gasteiger partial charge in [-0.1, -0.05) is 169 Å². The van der Waals surface area contributed by atoms with Crippen molar-refractivity contribution < 1.29 is 26.3 Å². The molecular formula is C56H32B2F6N2S. The summed E-state index contributed by atoms with van der Waals surface area (Å²) in [6.07, 6.45) is -10.2. The summed E-state index contributed by atoms with van der Waals surface area (Å²) in [5.41, 5.74) is 10.6. The van der Waals surface area contributed by atoms with Gasteiger partial charge < -0.3 is 9.80 Å². The van der Waals surface area contributed by atoms with Gasteiger partial charge in [0.1, 0.15) is 0 Å². The summed E-state index contributed by atoms with van der Waals surface area (Å²) in [5.74, 6) is 0. The number of nitrogens with zero attached hydrogens (tertiary/aromatic N) is 2. The average Bonchev–Trinajstić information content (AvgIpc) is 3.35. The van der Waals surface area contributed by atoms with E-state index in [2.05, 4.69) is 83.8 Å². The van der Waals surface area contributed by atoms with Gasteiger partial charge in [0, 0.05) is 43.8 Å². The van der Waals surface area contributed by atoms with Crippen molar-refractivity contribution in [1.82, 2.24) is 0 Å². The maximum absolute atomic E-state index is 15.9. The van der Waals surface area contributed by atoms with Crippen LogP contribution < -0.4 is 42.6 Å². The Bertz CT molecular complexity index is 3500. The predicted molar refractivity (Wildman–Crippen MR) is 262 cm³/mol. The van der Waals surface area contributed by atoms with Crippen LogP contribution in [-0.2, 0) is 12.4 Å². The Morgan fingerprint density at radius 1 is 0.358 bits per heavy atom. The molecule has 0 saturated heterocycles. The lowest BCUT2D eigenvalue weighted by Crippen LogP contribution is -2.68. The summed E-state index contributed by atoms with van der Waals surface area (Å²) >= 11 is 1.58. The molecule has 13 rings (SSSR count). The first-order chi connectivity index (χ1) is 32.5. The van der Waals surface area contributed by atoms with Crippen molar-refractivity contribution >= 4 is 92.1 Å². The zero-order valence-electron chi connectivity index (χ0n) is 35.2. The van der Waals surface area contributed by atoms with E-state index in [1.807, 2.05) is 60.7 Å². The molecule has 0 atom stereocenters. The van der Waals surface area contributed by atoms with Crippen LogP contribution in [0, 0.1) is 0 Å². The Morgan fingerprint density at radius 3 is 1.46 bits per heavy atom. The summed E-state index contributed by atoms with van der Waals surface area (Å²) in [4.78, 5) is 5.80. The molecule has 4 heterocycles. The number of hydrogen-bond donors (Lipinski definition) is 0. The molecule has 0 N–H and O–H groups in total. The molecule has 4 aliphatic heterocycles. The molecule has 67 heavy (non-hydrogen) atoms. The molecule has 11 heteroatoms. The monoisotopic (exact) mass is 900 g/mol. The van der Waals surface area contributed by atoms with Crippen LogP contribution in [-0.4, -0.2) is 13.4 Å². The Balaban J connectivity index is 1.18. The molecule has 0 aromatic heterocycles. The number of rotatable bonds is 4. The van der Waals surface area contributed by atoms with E-state index in [4.69, 9.17) is 0 Å². The van der Waals surface area contributed by atoms with Gasteiger partial charge in [-0.25, -0.2) is 0 Å². The van der Waals surface area contributed by atoms with Crippen LogP contribution in [0.5, 0.6) is 0 Å². The lowest BCUT2D eigenvalue weighted by molar-refractivity contribution is -0.142. The maximum atomic E-state index is 15.9. The third-order valence-corrected chi connectivity index (χ3v) is 14.9. The molecular weight excluding hydrogens is 868 g/mol. The molecule has 0 unspecified atom stereocenters. The molecule has 320 valence electrons. The van der Waals surface area contributed by atoms with Gasteiger partial charge in [0.15, 0.2) is 0 Å². The lowest BCUT2D eigenvalue weighted by Gasteiger charge is -2.50. The number of alkyl halides is 6. The first-order valence-corrected chi connectivity index (χ1v) is 22.8. The minimum absolute atomic E-state index is 0.177. The Kier molecular flexibility index (Phi) is 8.69. The molecule has 9 aromatic carbocycles. The van der Waals surface area contributed by atoms with Gasteiger partial charge in [-0.15, -0.1) is 0 Å². The lowest BCUT2D eigenvalue weighted by atomic mass is 9.29. The number of benzene rings is 9. The van der Waals surface area contributed by atoms with E-state index in [0.29, 0.717) is 11.4 Å². The highest BCUT2D eigenvalue weighted by molar-refractivity contribution is 8.00. The fourth-order valence-corrected chi connectivity index (χ4v) is 12.2. The van der Waals surface area contributed by atoms with E-state index in [1.54, 1.807) is 59.1 Å².